The molecule has 0 aliphatic rings. The fraction of sp³-hybridized carbons (Fsp3) is 0.737. The van der Waals surface area contributed by atoms with Crippen molar-refractivity contribution in [1.82, 2.24) is 0 Å². The molecule has 0 spiro atoms. The Balaban J connectivity index is 4.36. The van der Waals surface area contributed by atoms with E-state index >= 15 is 0 Å². The predicted octanol–water partition coefficient (Wildman–Crippen LogP) is 17.4. The van der Waals surface area contributed by atoms with Crippen LogP contribution in [0.4, 0.5) is 0 Å². The number of unbranched alkanes of at least 4 members (excludes halogenated alkanes) is 24. The molecule has 0 saturated heterocycles. The Morgan fingerprint density at radius 3 is 1.03 bits per heavy atom. The van der Waals surface area contributed by atoms with Crippen LogP contribution >= 0.6 is 0 Å². The van der Waals surface area contributed by atoms with Gasteiger partial charge < -0.3 is 14.2 Å². The highest BCUT2D eigenvalue weighted by atomic mass is 16.6. The molecule has 0 aromatic rings. The Kier molecular flexibility index (Phi) is 48.9. The van der Waals surface area contributed by atoms with Crippen molar-refractivity contribution in [3.63, 3.8) is 0 Å². The number of hydrogen-bond acceptors (Lipinski definition) is 6. The van der Waals surface area contributed by atoms with E-state index in [0.717, 1.165) is 116 Å². The summed E-state index contributed by atoms with van der Waals surface area (Å²) in [5.74, 6) is -0.909. The predicted molar refractivity (Wildman–Crippen MR) is 270 cm³/mol. The number of rotatable bonds is 47. The van der Waals surface area contributed by atoms with Crippen LogP contribution in [0.15, 0.2) is 72.9 Å². The number of hydrogen-bond donors (Lipinski definition) is 0. The lowest BCUT2D eigenvalue weighted by Gasteiger charge is -2.18. The normalized spacial score (nSPS) is 12.6. The first-order chi connectivity index (χ1) is 31.0. The zero-order chi connectivity index (χ0) is 45.8. The largest absolute Gasteiger partial charge is 0.462 e. The third-order valence-electron chi connectivity index (χ3n) is 11.2. The molecule has 0 amide bonds. The molecule has 6 heteroatoms. The topological polar surface area (TPSA) is 78.9 Å². The quantitative estimate of drug-likeness (QED) is 0.0262. The Bertz CT molecular complexity index is 1190. The van der Waals surface area contributed by atoms with Crippen LogP contribution in [0.25, 0.3) is 0 Å². The Morgan fingerprint density at radius 2 is 0.635 bits per heavy atom. The maximum Gasteiger partial charge on any atom is 0.306 e. The van der Waals surface area contributed by atoms with Gasteiger partial charge in [0.05, 0.1) is 0 Å². The molecule has 0 radical (unpaired) electrons. The lowest BCUT2D eigenvalue weighted by Crippen LogP contribution is -2.30. The first-order valence-corrected chi connectivity index (χ1v) is 26.4. The second-order valence-electron chi connectivity index (χ2n) is 17.4. The zero-order valence-corrected chi connectivity index (χ0v) is 41.3. The molecule has 0 saturated carbocycles. The maximum atomic E-state index is 12.8. The van der Waals surface area contributed by atoms with Crippen LogP contribution in [0.3, 0.4) is 0 Å². The molecule has 0 fully saturated rings. The summed E-state index contributed by atoms with van der Waals surface area (Å²) in [5, 5.41) is 0. The number of ether oxygens (including phenoxy) is 3. The number of carbonyl (C=O) groups is 3. The van der Waals surface area contributed by atoms with E-state index in [9.17, 15) is 14.4 Å². The molecule has 362 valence electrons. The SMILES string of the molecule is CC/C=C\C/C=C\C/C=C\C/C=C\C/C=C\CCCCCCCC(=O)OCC(COC(=O)CCCCCCC/C=C\CCCC)OC(=O)CCCCCCCCCCCCCCC. The summed E-state index contributed by atoms with van der Waals surface area (Å²) in [4.78, 5) is 38.0. The molecule has 0 N–H and O–H groups in total. The third kappa shape index (κ3) is 49.7. The van der Waals surface area contributed by atoms with Gasteiger partial charge in [-0.2, -0.15) is 0 Å². The Labute approximate surface area is 389 Å². The molecule has 0 aromatic heterocycles. The highest BCUT2D eigenvalue weighted by Gasteiger charge is 2.19. The summed E-state index contributed by atoms with van der Waals surface area (Å²) < 4.78 is 16.8. The minimum atomic E-state index is -0.784. The molecule has 1 unspecified atom stereocenters. The minimum Gasteiger partial charge on any atom is -0.462 e. The first-order valence-electron chi connectivity index (χ1n) is 26.4. The summed E-state index contributed by atoms with van der Waals surface area (Å²) in [6.07, 6.45) is 64.5. The molecule has 1 atom stereocenters. The smallest absolute Gasteiger partial charge is 0.306 e. The van der Waals surface area contributed by atoms with Gasteiger partial charge in [0, 0.05) is 19.3 Å². The van der Waals surface area contributed by atoms with Gasteiger partial charge in [-0.1, -0.05) is 222 Å². The second kappa shape index (κ2) is 51.5. The Morgan fingerprint density at radius 1 is 0.333 bits per heavy atom. The van der Waals surface area contributed by atoms with Crippen LogP contribution in [0, 0.1) is 0 Å². The monoisotopic (exact) mass is 879 g/mol. The van der Waals surface area contributed by atoms with Crippen molar-refractivity contribution in [2.24, 2.45) is 0 Å². The van der Waals surface area contributed by atoms with Crippen molar-refractivity contribution in [2.75, 3.05) is 13.2 Å². The summed E-state index contributed by atoms with van der Waals surface area (Å²) in [6.45, 7) is 6.47. The number of esters is 3. The average molecular weight is 879 g/mol. The van der Waals surface area contributed by atoms with Gasteiger partial charge in [-0.05, 0) is 83.5 Å². The van der Waals surface area contributed by atoms with Crippen molar-refractivity contribution in [1.29, 1.82) is 0 Å². The molecule has 0 aliphatic heterocycles. The number of allylic oxidation sites excluding steroid dienone is 12. The standard InChI is InChI=1S/C57H98O6/c1-4-7-10-13-16-19-22-24-25-26-27-28-29-30-31-33-35-38-41-44-47-50-56(59)62-53-54(52-61-55(58)49-46-43-40-37-34-21-18-15-12-9-6-3)63-57(60)51-48-45-42-39-36-32-23-20-17-14-11-8-5-2/h7,10,15-16,18-19,24-25,27-28,30-31,54H,4-6,8-9,11-14,17,20-23,26,29,32-53H2,1-3H3/b10-7-,18-15-,19-16-,25-24-,28-27-,31-30-. The van der Waals surface area contributed by atoms with Gasteiger partial charge in [0.15, 0.2) is 6.10 Å². The van der Waals surface area contributed by atoms with Crippen molar-refractivity contribution < 1.29 is 28.6 Å². The van der Waals surface area contributed by atoms with Crippen molar-refractivity contribution in [3.8, 4) is 0 Å². The van der Waals surface area contributed by atoms with Crippen LogP contribution in [0.1, 0.15) is 252 Å². The van der Waals surface area contributed by atoms with Gasteiger partial charge in [-0.3, -0.25) is 14.4 Å². The fourth-order valence-electron chi connectivity index (χ4n) is 7.21. The van der Waals surface area contributed by atoms with Gasteiger partial charge in [0.25, 0.3) is 0 Å². The second-order valence-corrected chi connectivity index (χ2v) is 17.4. The van der Waals surface area contributed by atoms with E-state index in [1.165, 1.54) is 96.3 Å². The van der Waals surface area contributed by atoms with E-state index in [1.807, 2.05) is 0 Å². The number of carbonyl (C=O) groups excluding carboxylic acids is 3. The molecule has 0 aromatic carbocycles. The summed E-state index contributed by atoms with van der Waals surface area (Å²) in [5.41, 5.74) is 0. The summed E-state index contributed by atoms with van der Waals surface area (Å²) >= 11 is 0. The van der Waals surface area contributed by atoms with Gasteiger partial charge in [0.1, 0.15) is 13.2 Å². The highest BCUT2D eigenvalue weighted by Crippen LogP contribution is 2.15. The van der Waals surface area contributed by atoms with Crippen LogP contribution in [-0.2, 0) is 28.6 Å². The average Bonchev–Trinajstić information content (AvgIpc) is 3.28. The summed E-state index contributed by atoms with van der Waals surface area (Å²) in [7, 11) is 0. The van der Waals surface area contributed by atoms with Gasteiger partial charge in [-0.15, -0.1) is 0 Å². The third-order valence-corrected chi connectivity index (χ3v) is 11.2. The van der Waals surface area contributed by atoms with Gasteiger partial charge in [0.2, 0.25) is 0 Å². The molecule has 6 nitrogen and oxygen atoms in total. The van der Waals surface area contributed by atoms with Crippen molar-refractivity contribution in [2.45, 2.75) is 258 Å². The molecular formula is C57H98O6. The summed E-state index contributed by atoms with van der Waals surface area (Å²) in [6, 6.07) is 0. The molecule has 0 heterocycles. The Hall–Kier alpha value is -3.15. The van der Waals surface area contributed by atoms with E-state index in [4.69, 9.17) is 14.2 Å². The zero-order valence-electron chi connectivity index (χ0n) is 41.3. The van der Waals surface area contributed by atoms with Crippen LogP contribution in [0.5, 0.6) is 0 Å². The van der Waals surface area contributed by atoms with Crippen LogP contribution < -0.4 is 0 Å². The maximum absolute atomic E-state index is 12.8. The highest BCUT2D eigenvalue weighted by molar-refractivity contribution is 5.71. The lowest BCUT2D eigenvalue weighted by atomic mass is 10.0. The van der Waals surface area contributed by atoms with E-state index in [1.54, 1.807) is 0 Å². The lowest BCUT2D eigenvalue weighted by molar-refractivity contribution is -0.167. The van der Waals surface area contributed by atoms with E-state index in [-0.39, 0.29) is 31.1 Å². The van der Waals surface area contributed by atoms with E-state index in [2.05, 4.69) is 93.7 Å². The fourth-order valence-corrected chi connectivity index (χ4v) is 7.21. The van der Waals surface area contributed by atoms with Gasteiger partial charge >= 0.3 is 17.9 Å². The van der Waals surface area contributed by atoms with Crippen LogP contribution in [0.2, 0.25) is 0 Å². The molecule has 63 heavy (non-hydrogen) atoms. The molecule has 0 rings (SSSR count). The first kappa shape index (κ1) is 59.9. The molecule has 0 aliphatic carbocycles. The van der Waals surface area contributed by atoms with E-state index in [0.29, 0.717) is 19.3 Å². The van der Waals surface area contributed by atoms with E-state index < -0.39 is 6.10 Å². The van der Waals surface area contributed by atoms with Crippen LogP contribution in [-0.4, -0.2) is 37.2 Å². The molecule has 0 bridgehead atoms. The van der Waals surface area contributed by atoms with Crippen molar-refractivity contribution in [3.05, 3.63) is 72.9 Å². The van der Waals surface area contributed by atoms with Crippen molar-refractivity contribution >= 4 is 17.9 Å². The minimum absolute atomic E-state index is 0.0846. The van der Waals surface area contributed by atoms with Gasteiger partial charge in [-0.25, -0.2) is 0 Å². The molecular weight excluding hydrogens is 781 g/mol.